The van der Waals surface area contributed by atoms with Gasteiger partial charge in [0.2, 0.25) is 0 Å². The van der Waals surface area contributed by atoms with Gasteiger partial charge in [-0.25, -0.2) is 0 Å². The van der Waals surface area contributed by atoms with Crippen molar-refractivity contribution in [3.63, 3.8) is 0 Å². The van der Waals surface area contributed by atoms with E-state index in [1.165, 1.54) is 18.3 Å². The molecule has 0 saturated heterocycles. The number of para-hydroxylation sites is 1. The van der Waals surface area contributed by atoms with E-state index in [1.807, 2.05) is 37.3 Å². The molecule has 0 spiro atoms. The van der Waals surface area contributed by atoms with Crippen LogP contribution < -0.4 is 10.3 Å². The highest BCUT2D eigenvalue weighted by Crippen LogP contribution is 2.14. The van der Waals surface area contributed by atoms with Gasteiger partial charge < -0.3 is 9.88 Å². The van der Waals surface area contributed by atoms with Crippen LogP contribution in [0.4, 0.5) is 5.69 Å². The van der Waals surface area contributed by atoms with Crippen molar-refractivity contribution in [3.8, 4) is 0 Å². The van der Waals surface area contributed by atoms with Gasteiger partial charge in [0.05, 0.1) is 0 Å². The van der Waals surface area contributed by atoms with Crippen molar-refractivity contribution >= 4 is 11.6 Å². The molecule has 0 aliphatic heterocycles. The Morgan fingerprint density at radius 2 is 1.94 bits per heavy atom. The van der Waals surface area contributed by atoms with Crippen molar-refractivity contribution in [1.29, 1.82) is 0 Å². The van der Waals surface area contributed by atoms with Crippen LogP contribution in [0, 0.1) is 0 Å². The molecule has 0 saturated carbocycles. The number of hydrogen-bond acceptors (Lipinski definition) is 2. The summed E-state index contributed by atoms with van der Waals surface area (Å²) in [5, 5.41) is 0. The van der Waals surface area contributed by atoms with Crippen LogP contribution in [0.15, 0.2) is 53.5 Å². The number of nitrogens with one attached hydrogen (secondary N) is 1. The molecule has 0 aliphatic rings. The van der Waals surface area contributed by atoms with Gasteiger partial charge >= 0.3 is 0 Å². The third kappa shape index (κ3) is 2.48. The first kappa shape index (κ1) is 12.1. The van der Waals surface area contributed by atoms with Crippen molar-refractivity contribution in [2.75, 3.05) is 11.4 Å². The number of H-pyrrole nitrogens is 1. The molecule has 1 heterocycles. The summed E-state index contributed by atoms with van der Waals surface area (Å²) in [6, 6.07) is 12.1. The smallest absolute Gasteiger partial charge is 0.274 e. The SMILES string of the molecule is CCN(C(=O)c1cc(=O)cc[nH]1)c1ccccc1. The van der Waals surface area contributed by atoms with Gasteiger partial charge in [-0.2, -0.15) is 0 Å². The fraction of sp³-hybridized carbons (Fsp3) is 0.143. The lowest BCUT2D eigenvalue weighted by atomic mass is 10.2. The lowest BCUT2D eigenvalue weighted by Gasteiger charge is -2.20. The first-order valence-electron chi connectivity index (χ1n) is 5.78. The standard InChI is InChI=1S/C14H14N2O2/c1-2-16(11-6-4-3-5-7-11)14(18)13-10-12(17)8-9-15-13/h3-10H,2H2,1H3,(H,15,17). The maximum absolute atomic E-state index is 12.3. The molecule has 0 atom stereocenters. The van der Waals surface area contributed by atoms with E-state index in [0.29, 0.717) is 12.2 Å². The first-order valence-corrected chi connectivity index (χ1v) is 5.78. The average molecular weight is 242 g/mol. The maximum Gasteiger partial charge on any atom is 0.274 e. The molecular formula is C14H14N2O2. The summed E-state index contributed by atoms with van der Waals surface area (Å²) in [6.45, 7) is 2.44. The van der Waals surface area contributed by atoms with E-state index in [0.717, 1.165) is 5.69 Å². The van der Waals surface area contributed by atoms with Gasteiger partial charge in [-0.15, -0.1) is 0 Å². The minimum atomic E-state index is -0.207. The van der Waals surface area contributed by atoms with Gasteiger partial charge in [0.25, 0.3) is 5.91 Å². The number of benzene rings is 1. The lowest BCUT2D eigenvalue weighted by molar-refractivity contribution is 0.0983. The first-order chi connectivity index (χ1) is 8.72. The van der Waals surface area contributed by atoms with Crippen LogP contribution >= 0.6 is 0 Å². The van der Waals surface area contributed by atoms with E-state index >= 15 is 0 Å². The molecule has 1 aromatic heterocycles. The van der Waals surface area contributed by atoms with Crippen molar-refractivity contribution in [1.82, 2.24) is 4.98 Å². The van der Waals surface area contributed by atoms with Gasteiger partial charge in [0.1, 0.15) is 5.69 Å². The Labute approximate surface area is 105 Å². The molecule has 1 N–H and O–H groups in total. The third-order valence-electron chi connectivity index (χ3n) is 2.63. The molecule has 4 nitrogen and oxygen atoms in total. The fourth-order valence-corrected chi connectivity index (χ4v) is 1.77. The molecule has 2 rings (SSSR count). The van der Waals surface area contributed by atoms with E-state index in [-0.39, 0.29) is 11.3 Å². The van der Waals surface area contributed by atoms with Crippen LogP contribution in [0.1, 0.15) is 17.4 Å². The Morgan fingerprint density at radius 3 is 2.56 bits per heavy atom. The number of amides is 1. The van der Waals surface area contributed by atoms with Gasteiger partial charge in [0, 0.05) is 30.6 Å². The summed E-state index contributed by atoms with van der Waals surface area (Å²) in [4.78, 5) is 28.0. The fourth-order valence-electron chi connectivity index (χ4n) is 1.77. The van der Waals surface area contributed by atoms with E-state index in [4.69, 9.17) is 0 Å². The highest BCUT2D eigenvalue weighted by molar-refractivity contribution is 6.04. The Bertz CT molecular complexity index is 590. The third-order valence-corrected chi connectivity index (χ3v) is 2.63. The summed E-state index contributed by atoms with van der Waals surface area (Å²) in [5.41, 5.74) is 0.934. The van der Waals surface area contributed by atoms with Gasteiger partial charge in [0.15, 0.2) is 5.43 Å². The number of aromatic nitrogens is 1. The predicted octanol–water partition coefficient (Wildman–Crippen LogP) is 2.04. The molecule has 1 amide bonds. The van der Waals surface area contributed by atoms with Crippen LogP contribution in [-0.4, -0.2) is 17.4 Å². The number of carbonyl (C=O) groups is 1. The van der Waals surface area contributed by atoms with Crippen molar-refractivity contribution in [2.45, 2.75) is 6.92 Å². The number of pyridine rings is 1. The second kappa shape index (κ2) is 5.31. The minimum absolute atomic E-state index is 0.179. The van der Waals surface area contributed by atoms with Gasteiger partial charge in [-0.3, -0.25) is 9.59 Å². The second-order valence-corrected chi connectivity index (χ2v) is 3.82. The number of nitrogens with zero attached hydrogens (tertiary/aromatic N) is 1. The summed E-state index contributed by atoms with van der Waals surface area (Å²) in [5.74, 6) is -0.207. The summed E-state index contributed by atoms with van der Waals surface area (Å²) >= 11 is 0. The van der Waals surface area contributed by atoms with E-state index in [1.54, 1.807) is 4.90 Å². The highest BCUT2D eigenvalue weighted by atomic mass is 16.2. The highest BCUT2D eigenvalue weighted by Gasteiger charge is 2.16. The molecule has 0 unspecified atom stereocenters. The Morgan fingerprint density at radius 1 is 1.22 bits per heavy atom. The number of carbonyl (C=O) groups excluding carboxylic acids is 1. The molecule has 1 aromatic carbocycles. The summed E-state index contributed by atoms with van der Waals surface area (Å²) in [7, 11) is 0. The van der Waals surface area contributed by atoms with E-state index in [9.17, 15) is 9.59 Å². The maximum atomic E-state index is 12.3. The van der Waals surface area contributed by atoms with Crippen LogP contribution in [0.25, 0.3) is 0 Å². The zero-order chi connectivity index (χ0) is 13.0. The average Bonchev–Trinajstić information content (AvgIpc) is 2.41. The number of hydrogen-bond donors (Lipinski definition) is 1. The Hall–Kier alpha value is -2.36. The molecule has 0 fully saturated rings. The zero-order valence-electron chi connectivity index (χ0n) is 10.1. The molecule has 92 valence electrons. The second-order valence-electron chi connectivity index (χ2n) is 3.82. The minimum Gasteiger partial charge on any atom is -0.357 e. The summed E-state index contributed by atoms with van der Waals surface area (Å²) in [6.07, 6.45) is 1.48. The van der Waals surface area contributed by atoms with Crippen molar-refractivity contribution < 1.29 is 4.79 Å². The zero-order valence-corrected chi connectivity index (χ0v) is 10.1. The van der Waals surface area contributed by atoms with E-state index < -0.39 is 0 Å². The molecule has 18 heavy (non-hydrogen) atoms. The quantitative estimate of drug-likeness (QED) is 0.895. The molecule has 4 heteroatoms. The normalized spacial score (nSPS) is 10.1. The molecular weight excluding hydrogens is 228 g/mol. The number of anilines is 1. The van der Waals surface area contributed by atoms with Gasteiger partial charge in [-0.05, 0) is 19.1 Å². The topological polar surface area (TPSA) is 53.2 Å². The lowest BCUT2D eigenvalue weighted by Crippen LogP contribution is -2.31. The monoisotopic (exact) mass is 242 g/mol. The van der Waals surface area contributed by atoms with Crippen molar-refractivity contribution in [2.24, 2.45) is 0 Å². The number of aromatic amines is 1. The summed E-state index contributed by atoms with van der Waals surface area (Å²) < 4.78 is 0. The Kier molecular flexibility index (Phi) is 3.57. The van der Waals surface area contributed by atoms with Crippen LogP contribution in [0.5, 0.6) is 0 Å². The molecule has 0 bridgehead atoms. The van der Waals surface area contributed by atoms with E-state index in [2.05, 4.69) is 4.98 Å². The predicted molar refractivity (Wildman–Crippen MR) is 70.9 cm³/mol. The van der Waals surface area contributed by atoms with Crippen molar-refractivity contribution in [3.05, 3.63) is 64.6 Å². The molecule has 0 aliphatic carbocycles. The Balaban J connectivity index is 2.34. The van der Waals surface area contributed by atoms with Crippen LogP contribution in [-0.2, 0) is 0 Å². The molecule has 2 aromatic rings. The number of rotatable bonds is 3. The van der Waals surface area contributed by atoms with Gasteiger partial charge in [-0.1, -0.05) is 18.2 Å². The molecule has 0 radical (unpaired) electrons. The van der Waals surface area contributed by atoms with Crippen LogP contribution in [0.2, 0.25) is 0 Å². The largest absolute Gasteiger partial charge is 0.357 e. The van der Waals surface area contributed by atoms with Crippen LogP contribution in [0.3, 0.4) is 0 Å².